The molecule has 0 unspecified atom stereocenters. The lowest BCUT2D eigenvalue weighted by molar-refractivity contribution is 0.254. The molecule has 0 radical (unpaired) electrons. The monoisotopic (exact) mass is 293 g/mol. The van der Waals surface area contributed by atoms with Crippen LogP contribution >= 0.6 is 11.6 Å². The first-order valence-corrected chi connectivity index (χ1v) is 6.73. The van der Waals surface area contributed by atoms with Gasteiger partial charge in [-0.25, -0.2) is 18.4 Å². The number of nitrogens with zero attached hydrogens (tertiary/aromatic N) is 1. The molecule has 100 valence electrons. The number of phenolic OH excluding ortho intramolecular Hbond substituents is 1. The van der Waals surface area contributed by atoms with E-state index in [-0.39, 0.29) is 17.3 Å². The van der Waals surface area contributed by atoms with Crippen molar-refractivity contribution < 1.29 is 18.3 Å². The fourth-order valence-electron chi connectivity index (χ4n) is 1.47. The zero-order valence-corrected chi connectivity index (χ0v) is 11.0. The van der Waals surface area contributed by atoms with Gasteiger partial charge in [0.2, 0.25) is 10.0 Å². The summed E-state index contributed by atoms with van der Waals surface area (Å²) in [5.74, 6) is -0.703. The number of primary amides is 1. The molecule has 0 aliphatic rings. The minimum absolute atomic E-state index is 0.0709. The number of aromatic hydroxyl groups is 1. The van der Waals surface area contributed by atoms with Crippen molar-refractivity contribution in [3.63, 3.8) is 0 Å². The van der Waals surface area contributed by atoms with Gasteiger partial charge in [0.05, 0.1) is 10.7 Å². The number of rotatable bonds is 3. The number of carbonyl (C=O) groups excluding carboxylic acids is 1. The van der Waals surface area contributed by atoms with Crippen molar-refractivity contribution in [3.8, 4) is 5.75 Å². The minimum Gasteiger partial charge on any atom is -0.504 e. The van der Waals surface area contributed by atoms with Crippen LogP contribution in [0.5, 0.6) is 5.75 Å². The van der Waals surface area contributed by atoms with Gasteiger partial charge in [0.1, 0.15) is 4.90 Å². The topological polar surface area (TPSA) is 127 Å². The lowest BCUT2D eigenvalue weighted by atomic mass is 10.2. The Morgan fingerprint density at radius 3 is 2.44 bits per heavy atom. The highest BCUT2D eigenvalue weighted by Gasteiger charge is 2.24. The molecule has 1 aromatic rings. The summed E-state index contributed by atoms with van der Waals surface area (Å²) in [6, 6.07) is 1.65. The Morgan fingerprint density at radius 1 is 1.50 bits per heavy atom. The minimum atomic E-state index is -4.21. The molecule has 1 aromatic carbocycles. The highest BCUT2D eigenvalue weighted by Crippen LogP contribution is 2.37. The van der Waals surface area contributed by atoms with Gasteiger partial charge in [-0.3, -0.25) is 4.90 Å². The summed E-state index contributed by atoms with van der Waals surface area (Å²) in [4.78, 5) is 11.5. The van der Waals surface area contributed by atoms with Crippen LogP contribution in [0.25, 0.3) is 0 Å². The number of anilines is 1. The van der Waals surface area contributed by atoms with Crippen molar-refractivity contribution in [2.24, 2.45) is 10.9 Å². The van der Waals surface area contributed by atoms with Crippen LogP contribution < -0.4 is 15.8 Å². The van der Waals surface area contributed by atoms with E-state index in [2.05, 4.69) is 0 Å². The lowest BCUT2D eigenvalue weighted by Gasteiger charge is -2.20. The number of sulfonamides is 1. The predicted molar refractivity (Wildman–Crippen MR) is 67.1 cm³/mol. The maximum atomic E-state index is 11.3. The third-order valence-corrected chi connectivity index (χ3v) is 3.63. The number of hydrogen-bond donors (Lipinski definition) is 3. The molecule has 2 amide bonds. The van der Waals surface area contributed by atoms with E-state index in [4.69, 9.17) is 22.5 Å². The Kier molecular flexibility index (Phi) is 4.05. The van der Waals surface area contributed by atoms with Crippen molar-refractivity contribution in [1.82, 2.24) is 0 Å². The first kappa shape index (κ1) is 14.6. The van der Waals surface area contributed by atoms with Gasteiger partial charge in [-0.1, -0.05) is 11.6 Å². The number of carbonyl (C=O) groups is 1. The summed E-state index contributed by atoms with van der Waals surface area (Å²) >= 11 is 5.66. The Morgan fingerprint density at radius 2 is 2.06 bits per heavy atom. The molecule has 18 heavy (non-hydrogen) atoms. The molecule has 1 rings (SSSR count). The van der Waals surface area contributed by atoms with Gasteiger partial charge >= 0.3 is 6.03 Å². The molecule has 0 aliphatic heterocycles. The van der Waals surface area contributed by atoms with Crippen LogP contribution in [-0.2, 0) is 10.0 Å². The van der Waals surface area contributed by atoms with Crippen LogP contribution in [0.4, 0.5) is 10.5 Å². The molecule has 0 atom stereocenters. The molecule has 0 saturated carbocycles. The van der Waals surface area contributed by atoms with Gasteiger partial charge in [0.15, 0.2) is 5.75 Å². The SMILES string of the molecule is CCN(C(N)=O)c1ccc(Cl)c(S(N)(=O)=O)c1O. The number of benzene rings is 1. The maximum Gasteiger partial charge on any atom is 0.319 e. The van der Waals surface area contributed by atoms with Gasteiger partial charge < -0.3 is 10.8 Å². The van der Waals surface area contributed by atoms with Gasteiger partial charge in [0, 0.05) is 6.54 Å². The summed E-state index contributed by atoms with van der Waals surface area (Å²) in [6.07, 6.45) is 0. The predicted octanol–water partition coefficient (Wildman–Crippen LogP) is 0.598. The lowest BCUT2D eigenvalue weighted by Crippen LogP contribution is -2.35. The van der Waals surface area contributed by atoms with E-state index in [1.807, 2.05) is 0 Å². The molecule has 7 nitrogen and oxygen atoms in total. The largest absolute Gasteiger partial charge is 0.504 e. The summed E-state index contributed by atoms with van der Waals surface area (Å²) in [7, 11) is -4.21. The third kappa shape index (κ3) is 2.66. The Bertz CT molecular complexity index is 588. The van der Waals surface area contributed by atoms with Gasteiger partial charge in [-0.2, -0.15) is 0 Å². The number of primary sulfonamides is 1. The highest BCUT2D eigenvalue weighted by molar-refractivity contribution is 7.89. The summed E-state index contributed by atoms with van der Waals surface area (Å²) < 4.78 is 22.6. The summed E-state index contributed by atoms with van der Waals surface area (Å²) in [6.45, 7) is 1.75. The first-order chi connectivity index (χ1) is 8.20. The van der Waals surface area contributed by atoms with E-state index in [0.717, 1.165) is 4.90 Å². The normalized spacial score (nSPS) is 11.3. The molecular weight excluding hydrogens is 282 g/mol. The molecule has 9 heteroatoms. The van der Waals surface area contributed by atoms with Crippen molar-refractivity contribution in [1.29, 1.82) is 0 Å². The molecule has 0 fully saturated rings. The second-order valence-corrected chi connectivity index (χ2v) is 5.28. The van der Waals surface area contributed by atoms with E-state index in [1.54, 1.807) is 6.92 Å². The molecular formula is C9H12ClN3O4S. The number of phenols is 1. The second kappa shape index (κ2) is 5.01. The van der Waals surface area contributed by atoms with E-state index < -0.39 is 26.7 Å². The molecule has 0 aromatic heterocycles. The van der Waals surface area contributed by atoms with E-state index in [0.29, 0.717) is 0 Å². The first-order valence-electron chi connectivity index (χ1n) is 4.81. The van der Waals surface area contributed by atoms with Crippen LogP contribution in [0.2, 0.25) is 5.02 Å². The van der Waals surface area contributed by atoms with Crippen LogP contribution in [0.1, 0.15) is 6.92 Å². The maximum absolute atomic E-state index is 11.3. The average molecular weight is 294 g/mol. The molecule has 0 bridgehead atoms. The number of urea groups is 1. The van der Waals surface area contributed by atoms with E-state index in [1.165, 1.54) is 12.1 Å². The van der Waals surface area contributed by atoms with Crippen molar-refractivity contribution in [2.45, 2.75) is 11.8 Å². The van der Waals surface area contributed by atoms with E-state index in [9.17, 15) is 18.3 Å². The van der Waals surface area contributed by atoms with Crippen LogP contribution in [0.15, 0.2) is 17.0 Å². The molecule has 0 aliphatic carbocycles. The Hall–Kier alpha value is -1.51. The molecule has 0 heterocycles. The van der Waals surface area contributed by atoms with Gasteiger partial charge in [0.25, 0.3) is 0 Å². The van der Waals surface area contributed by atoms with E-state index >= 15 is 0 Å². The number of halogens is 1. The number of amides is 2. The molecule has 0 saturated heterocycles. The zero-order chi connectivity index (χ0) is 14.1. The van der Waals surface area contributed by atoms with Gasteiger partial charge in [-0.05, 0) is 19.1 Å². The standard InChI is InChI=1S/C9H12ClN3O4S/c1-2-13(9(11)15)6-4-3-5(10)8(7(6)14)18(12,16)17/h3-4,14H,2H2,1H3,(H2,11,15)(H2,12,16,17). The fraction of sp³-hybridized carbons (Fsp3) is 0.222. The Labute approximate surface area is 109 Å². The summed E-state index contributed by atoms with van der Waals surface area (Å²) in [5.41, 5.74) is 5.04. The van der Waals surface area contributed by atoms with Crippen molar-refractivity contribution >= 4 is 33.3 Å². The summed E-state index contributed by atoms with van der Waals surface area (Å²) in [5, 5.41) is 14.6. The van der Waals surface area contributed by atoms with Gasteiger partial charge in [-0.15, -0.1) is 0 Å². The number of hydrogen-bond acceptors (Lipinski definition) is 4. The zero-order valence-electron chi connectivity index (χ0n) is 9.42. The number of nitrogens with two attached hydrogens (primary N) is 2. The van der Waals surface area contributed by atoms with Crippen molar-refractivity contribution in [3.05, 3.63) is 17.2 Å². The van der Waals surface area contributed by atoms with Crippen molar-refractivity contribution in [2.75, 3.05) is 11.4 Å². The molecule has 5 N–H and O–H groups in total. The van der Waals surface area contributed by atoms with Crippen LogP contribution in [-0.4, -0.2) is 26.1 Å². The van der Waals surface area contributed by atoms with Crippen LogP contribution in [0, 0.1) is 0 Å². The highest BCUT2D eigenvalue weighted by atomic mass is 35.5. The second-order valence-electron chi connectivity index (χ2n) is 3.37. The molecule has 0 spiro atoms. The van der Waals surface area contributed by atoms with Crippen LogP contribution in [0.3, 0.4) is 0 Å². The third-order valence-electron chi connectivity index (χ3n) is 2.22. The average Bonchev–Trinajstić information content (AvgIpc) is 2.19. The Balaban J connectivity index is 3.56. The quantitative estimate of drug-likeness (QED) is 0.754. The fourth-order valence-corrected chi connectivity index (χ4v) is 2.66. The smallest absolute Gasteiger partial charge is 0.319 e.